The van der Waals surface area contributed by atoms with Gasteiger partial charge in [0.05, 0.1) is 18.1 Å². The van der Waals surface area contributed by atoms with E-state index in [1.54, 1.807) is 25.1 Å². The maximum absolute atomic E-state index is 12.1. The number of aromatic nitrogens is 1. The van der Waals surface area contributed by atoms with E-state index in [9.17, 15) is 13.2 Å². The Labute approximate surface area is 146 Å². The molecule has 7 heteroatoms. The highest BCUT2D eigenvalue weighted by Gasteiger charge is 2.23. The van der Waals surface area contributed by atoms with Crippen molar-refractivity contribution in [3.8, 4) is 5.75 Å². The van der Waals surface area contributed by atoms with Crippen LogP contribution in [-0.4, -0.2) is 25.5 Å². The quantitative estimate of drug-likeness (QED) is 0.789. The van der Waals surface area contributed by atoms with E-state index in [0.29, 0.717) is 17.4 Å². The fourth-order valence-electron chi connectivity index (χ4n) is 2.30. The number of benzene rings is 1. The van der Waals surface area contributed by atoms with Gasteiger partial charge >= 0.3 is 10.1 Å². The first-order chi connectivity index (χ1) is 11.8. The smallest absolute Gasteiger partial charge is 0.324 e. The zero-order valence-electron chi connectivity index (χ0n) is 14.0. The molecule has 1 aliphatic rings. The third-order valence-electron chi connectivity index (χ3n) is 3.50. The Hall–Kier alpha value is -2.54. The molecule has 0 bridgehead atoms. The van der Waals surface area contributed by atoms with E-state index in [4.69, 9.17) is 9.02 Å². The summed E-state index contributed by atoms with van der Waals surface area (Å²) in [5, 5.41) is 0. The van der Waals surface area contributed by atoms with Crippen LogP contribution in [0.15, 0.2) is 41.2 Å². The van der Waals surface area contributed by atoms with Crippen LogP contribution in [0, 0.1) is 6.92 Å². The lowest BCUT2D eigenvalue weighted by molar-refractivity contribution is 0.267. The second kappa shape index (κ2) is 6.76. The highest BCUT2D eigenvalue weighted by Crippen LogP contribution is 2.27. The molecule has 0 saturated heterocycles. The van der Waals surface area contributed by atoms with Gasteiger partial charge in [-0.05, 0) is 55.2 Å². The van der Waals surface area contributed by atoms with Crippen molar-refractivity contribution < 1.29 is 17.4 Å². The SMILES string of the molecule is Cc1cc(/C=C/c2cccc(OC3CC3)c2)n(OS(C)(=O)=O)c(=O)c1. The molecule has 0 unspecified atom stereocenters. The molecule has 1 aromatic carbocycles. The van der Waals surface area contributed by atoms with Crippen molar-refractivity contribution in [2.45, 2.75) is 25.9 Å². The Balaban J connectivity index is 1.91. The van der Waals surface area contributed by atoms with Gasteiger partial charge in [0.25, 0.3) is 5.56 Å². The zero-order valence-corrected chi connectivity index (χ0v) is 14.8. The van der Waals surface area contributed by atoms with E-state index in [1.807, 2.05) is 24.3 Å². The lowest BCUT2D eigenvalue weighted by atomic mass is 10.1. The molecule has 0 amide bonds. The summed E-state index contributed by atoms with van der Waals surface area (Å²) in [4.78, 5) is 12.1. The minimum absolute atomic E-state index is 0.310. The Morgan fingerprint density at radius 3 is 2.60 bits per heavy atom. The summed E-state index contributed by atoms with van der Waals surface area (Å²) in [7, 11) is -3.82. The molecule has 0 N–H and O–H groups in total. The van der Waals surface area contributed by atoms with E-state index in [0.717, 1.165) is 35.1 Å². The number of nitrogens with zero attached hydrogens (tertiary/aromatic N) is 1. The predicted molar refractivity (Wildman–Crippen MR) is 95.9 cm³/mol. The third kappa shape index (κ3) is 4.96. The largest absolute Gasteiger partial charge is 0.490 e. The average Bonchev–Trinajstić information content (AvgIpc) is 3.31. The number of rotatable bonds is 6. The monoisotopic (exact) mass is 361 g/mol. The molecule has 0 atom stereocenters. The van der Waals surface area contributed by atoms with Crippen LogP contribution in [0.3, 0.4) is 0 Å². The first kappa shape index (κ1) is 17.3. The molecule has 1 heterocycles. The van der Waals surface area contributed by atoms with E-state index in [2.05, 4.69) is 0 Å². The van der Waals surface area contributed by atoms with E-state index in [-0.39, 0.29) is 0 Å². The highest BCUT2D eigenvalue weighted by molar-refractivity contribution is 7.86. The highest BCUT2D eigenvalue weighted by atomic mass is 32.2. The zero-order chi connectivity index (χ0) is 18.0. The van der Waals surface area contributed by atoms with Gasteiger partial charge in [0, 0.05) is 6.07 Å². The Bertz CT molecular complexity index is 971. The summed E-state index contributed by atoms with van der Waals surface area (Å²) in [6.45, 7) is 1.76. The van der Waals surface area contributed by atoms with Crippen molar-refractivity contribution in [2.75, 3.05) is 6.26 Å². The number of aryl methyl sites for hydroxylation is 1. The first-order valence-electron chi connectivity index (χ1n) is 7.89. The van der Waals surface area contributed by atoms with Crippen molar-refractivity contribution in [3.63, 3.8) is 0 Å². The Kier molecular flexibility index (Phi) is 4.67. The van der Waals surface area contributed by atoms with E-state index in [1.165, 1.54) is 6.07 Å². The molecule has 3 rings (SSSR count). The lowest BCUT2D eigenvalue weighted by Gasteiger charge is -2.10. The van der Waals surface area contributed by atoms with Crippen LogP contribution in [0.2, 0.25) is 0 Å². The fraction of sp³-hybridized carbons (Fsp3) is 0.278. The van der Waals surface area contributed by atoms with Gasteiger partial charge in [-0.2, -0.15) is 8.42 Å². The topological polar surface area (TPSA) is 74.6 Å². The van der Waals surface area contributed by atoms with E-state index >= 15 is 0 Å². The molecule has 0 aliphatic heterocycles. The van der Waals surface area contributed by atoms with Crippen LogP contribution >= 0.6 is 0 Å². The summed E-state index contributed by atoms with van der Waals surface area (Å²) < 4.78 is 34.1. The van der Waals surface area contributed by atoms with Crippen LogP contribution in [0.1, 0.15) is 29.7 Å². The van der Waals surface area contributed by atoms with Crippen molar-refractivity contribution >= 4 is 22.3 Å². The number of ether oxygens (including phenoxy) is 1. The second-order valence-corrected chi connectivity index (χ2v) is 7.65. The molecule has 1 fully saturated rings. The number of hydrogen-bond acceptors (Lipinski definition) is 5. The maximum atomic E-state index is 12.1. The van der Waals surface area contributed by atoms with Crippen molar-refractivity contribution in [3.05, 3.63) is 63.6 Å². The lowest BCUT2D eigenvalue weighted by Crippen LogP contribution is -2.31. The summed E-state index contributed by atoms with van der Waals surface area (Å²) in [5.74, 6) is 0.790. The van der Waals surface area contributed by atoms with Crippen LogP contribution < -0.4 is 14.6 Å². The van der Waals surface area contributed by atoms with Crippen LogP contribution in [0.4, 0.5) is 0 Å². The molecule has 0 radical (unpaired) electrons. The Morgan fingerprint density at radius 2 is 1.92 bits per heavy atom. The summed E-state index contributed by atoms with van der Waals surface area (Å²) in [6.07, 6.45) is 6.78. The average molecular weight is 361 g/mol. The molecule has 1 aliphatic carbocycles. The maximum Gasteiger partial charge on any atom is 0.324 e. The molecular weight excluding hydrogens is 342 g/mol. The molecule has 2 aromatic rings. The van der Waals surface area contributed by atoms with Gasteiger partial charge in [0.1, 0.15) is 5.75 Å². The Morgan fingerprint density at radius 1 is 1.16 bits per heavy atom. The molecular formula is C18H19NO5S. The van der Waals surface area contributed by atoms with Crippen molar-refractivity contribution in [1.82, 2.24) is 4.73 Å². The van der Waals surface area contributed by atoms with Crippen molar-refractivity contribution in [1.29, 1.82) is 0 Å². The number of hydrogen-bond donors (Lipinski definition) is 0. The summed E-state index contributed by atoms with van der Waals surface area (Å²) >= 11 is 0. The molecule has 1 saturated carbocycles. The fourth-order valence-corrected chi connectivity index (χ4v) is 2.73. The normalized spacial score (nSPS) is 14.6. The molecule has 25 heavy (non-hydrogen) atoms. The minimum atomic E-state index is -3.82. The third-order valence-corrected chi connectivity index (χ3v) is 3.92. The van der Waals surface area contributed by atoms with Gasteiger partial charge in [-0.15, -0.1) is 4.73 Å². The van der Waals surface area contributed by atoms with Crippen molar-refractivity contribution in [2.24, 2.45) is 0 Å². The second-order valence-electron chi connectivity index (χ2n) is 6.09. The standard InChI is InChI=1S/C18H19NO5S/c1-13-10-15(19(18(20)11-13)24-25(2,21)22)7-6-14-4-3-5-17(12-14)23-16-8-9-16/h3-7,10-12,16H,8-9H2,1-2H3/b7-6+. The van der Waals surface area contributed by atoms with Gasteiger partial charge in [-0.25, -0.2) is 0 Å². The van der Waals surface area contributed by atoms with Crippen LogP contribution in [0.25, 0.3) is 12.2 Å². The predicted octanol–water partition coefficient (Wildman–Crippen LogP) is 2.26. The van der Waals surface area contributed by atoms with Gasteiger partial charge < -0.3 is 4.74 Å². The first-order valence-corrected chi connectivity index (χ1v) is 9.70. The van der Waals surface area contributed by atoms with Gasteiger partial charge in [-0.3, -0.25) is 9.08 Å². The van der Waals surface area contributed by atoms with Crippen LogP contribution in [-0.2, 0) is 10.1 Å². The minimum Gasteiger partial charge on any atom is -0.490 e. The van der Waals surface area contributed by atoms with Gasteiger partial charge in [0.15, 0.2) is 0 Å². The molecule has 132 valence electrons. The summed E-state index contributed by atoms with van der Waals surface area (Å²) in [5.41, 5.74) is 1.38. The molecule has 6 nitrogen and oxygen atoms in total. The van der Waals surface area contributed by atoms with Gasteiger partial charge in [-0.1, -0.05) is 18.2 Å². The summed E-state index contributed by atoms with van der Waals surface area (Å²) in [6, 6.07) is 10.6. The van der Waals surface area contributed by atoms with Crippen LogP contribution in [0.5, 0.6) is 5.75 Å². The van der Waals surface area contributed by atoms with Gasteiger partial charge in [0.2, 0.25) is 0 Å². The van der Waals surface area contributed by atoms with E-state index < -0.39 is 15.7 Å². The number of pyridine rings is 1. The molecule has 1 aromatic heterocycles. The molecule has 0 spiro atoms.